The lowest BCUT2D eigenvalue weighted by molar-refractivity contribution is -0.128. The van der Waals surface area contributed by atoms with Crippen LogP contribution >= 0.6 is 11.6 Å². The fourth-order valence-corrected chi connectivity index (χ4v) is 3.77. The fourth-order valence-electron chi connectivity index (χ4n) is 3.51. The highest BCUT2D eigenvalue weighted by Gasteiger charge is 2.29. The van der Waals surface area contributed by atoms with E-state index in [9.17, 15) is 29.1 Å². The van der Waals surface area contributed by atoms with Gasteiger partial charge in [0.05, 0.1) is 13.2 Å². The van der Waals surface area contributed by atoms with E-state index in [0.717, 1.165) is 4.90 Å². The van der Waals surface area contributed by atoms with Gasteiger partial charge in [0.2, 0.25) is 11.8 Å². The van der Waals surface area contributed by atoms with E-state index in [1.165, 1.54) is 7.05 Å². The van der Waals surface area contributed by atoms with Gasteiger partial charge in [-0.25, -0.2) is 14.4 Å². The number of hydrogen-bond acceptors (Lipinski definition) is 7. The van der Waals surface area contributed by atoms with Gasteiger partial charge < -0.3 is 41.7 Å². The van der Waals surface area contributed by atoms with Crippen LogP contribution in [0.4, 0.5) is 20.1 Å². The molecule has 7 N–H and O–H groups in total. The Balaban J connectivity index is 3.07. The summed E-state index contributed by atoms with van der Waals surface area (Å²) in [6.07, 6.45) is -1.66. The molecule has 2 unspecified atom stereocenters. The minimum absolute atomic E-state index is 0.0285. The SMILES string of the molecule is CC(C)C(NC(=O)OCCN=[N+]=[N-])C(=O)NC(CCCNC(N)=O)C(=O)Nc1ccc(CCl)c(CN(C)C(=O)O)c1. The summed E-state index contributed by atoms with van der Waals surface area (Å²) in [7, 11) is 1.40. The molecule has 0 aliphatic heterocycles. The van der Waals surface area contributed by atoms with Crippen LogP contribution in [0, 0.1) is 5.92 Å². The number of amides is 6. The lowest BCUT2D eigenvalue weighted by Gasteiger charge is -2.25. The number of nitrogens with one attached hydrogen (secondary N) is 4. The van der Waals surface area contributed by atoms with Gasteiger partial charge in [-0.05, 0) is 47.6 Å². The second kappa shape index (κ2) is 18.0. The molecule has 1 aromatic rings. The largest absolute Gasteiger partial charge is 0.465 e. The van der Waals surface area contributed by atoms with E-state index in [-0.39, 0.29) is 45.0 Å². The number of nitrogens with two attached hydrogens (primary N) is 1. The zero-order valence-electron chi connectivity index (χ0n) is 23.1. The molecule has 0 fully saturated rings. The van der Waals surface area contributed by atoms with Crippen molar-refractivity contribution in [2.24, 2.45) is 16.8 Å². The Morgan fingerprint density at radius 2 is 1.88 bits per heavy atom. The van der Waals surface area contributed by atoms with E-state index < -0.39 is 48.0 Å². The first kappa shape index (κ1) is 34.6. The molecule has 0 aliphatic rings. The zero-order chi connectivity index (χ0) is 30.9. The van der Waals surface area contributed by atoms with Crippen LogP contribution in [-0.4, -0.2) is 78.9 Å². The predicted molar refractivity (Wildman–Crippen MR) is 150 cm³/mol. The highest BCUT2D eigenvalue weighted by Crippen LogP contribution is 2.20. The Morgan fingerprint density at radius 1 is 1.17 bits per heavy atom. The van der Waals surface area contributed by atoms with Gasteiger partial charge in [0.1, 0.15) is 12.1 Å². The smallest absolute Gasteiger partial charge is 0.407 e. The topological polar surface area (TPSA) is 241 Å². The van der Waals surface area contributed by atoms with Gasteiger partial charge in [-0.1, -0.05) is 25.0 Å². The Bertz CT molecular complexity index is 1130. The van der Waals surface area contributed by atoms with Gasteiger partial charge in [-0.3, -0.25) is 9.59 Å². The molecule has 6 amide bonds. The molecular formula is C24H36ClN9O7. The van der Waals surface area contributed by atoms with Crippen LogP contribution in [0.5, 0.6) is 0 Å². The first-order chi connectivity index (χ1) is 19.4. The molecule has 0 saturated carbocycles. The van der Waals surface area contributed by atoms with E-state index in [0.29, 0.717) is 16.8 Å². The van der Waals surface area contributed by atoms with Crippen molar-refractivity contribution in [1.29, 1.82) is 0 Å². The average molecular weight is 598 g/mol. The van der Waals surface area contributed by atoms with Crippen LogP contribution in [0.1, 0.15) is 37.8 Å². The normalized spacial score (nSPS) is 11.8. The average Bonchev–Trinajstić information content (AvgIpc) is 2.91. The molecule has 0 aromatic heterocycles. The molecule has 0 saturated heterocycles. The maximum atomic E-state index is 13.3. The van der Waals surface area contributed by atoms with Crippen molar-refractivity contribution in [3.8, 4) is 0 Å². The number of rotatable bonds is 16. The molecule has 0 aliphatic carbocycles. The van der Waals surface area contributed by atoms with Gasteiger partial charge in [-0.2, -0.15) is 0 Å². The summed E-state index contributed by atoms with van der Waals surface area (Å²) in [6, 6.07) is 1.95. The van der Waals surface area contributed by atoms with Crippen molar-refractivity contribution in [3.05, 3.63) is 39.8 Å². The number of urea groups is 1. The number of benzene rings is 1. The van der Waals surface area contributed by atoms with Crippen molar-refractivity contribution in [2.75, 3.05) is 32.1 Å². The second-order valence-electron chi connectivity index (χ2n) is 9.20. The number of carbonyl (C=O) groups excluding carboxylic acids is 4. The molecule has 0 radical (unpaired) electrons. The van der Waals surface area contributed by atoms with Gasteiger partial charge in [0, 0.05) is 36.6 Å². The summed E-state index contributed by atoms with van der Waals surface area (Å²) in [4.78, 5) is 64.4. The first-order valence-electron chi connectivity index (χ1n) is 12.6. The van der Waals surface area contributed by atoms with Gasteiger partial charge in [0.15, 0.2) is 0 Å². The molecule has 41 heavy (non-hydrogen) atoms. The first-order valence-corrected chi connectivity index (χ1v) is 13.1. The second-order valence-corrected chi connectivity index (χ2v) is 9.46. The number of carboxylic acid groups (broad SMARTS) is 1. The van der Waals surface area contributed by atoms with E-state index in [2.05, 4.69) is 31.3 Å². The molecule has 0 spiro atoms. The number of anilines is 1. The number of halogens is 1. The van der Waals surface area contributed by atoms with E-state index in [1.807, 2.05) is 0 Å². The fraction of sp³-hybridized carbons (Fsp3) is 0.542. The summed E-state index contributed by atoms with van der Waals surface area (Å²) in [5, 5.41) is 22.7. The van der Waals surface area contributed by atoms with Gasteiger partial charge >= 0.3 is 18.2 Å². The van der Waals surface area contributed by atoms with Crippen molar-refractivity contribution >= 4 is 47.3 Å². The summed E-state index contributed by atoms with van der Waals surface area (Å²) in [6.45, 7) is 3.28. The molecule has 17 heteroatoms. The molecule has 1 aromatic carbocycles. The Labute approximate surface area is 241 Å². The maximum Gasteiger partial charge on any atom is 0.407 e. The molecule has 16 nitrogen and oxygen atoms in total. The monoisotopic (exact) mass is 597 g/mol. The summed E-state index contributed by atoms with van der Waals surface area (Å²) >= 11 is 5.99. The Hall–Kier alpha value is -4.43. The van der Waals surface area contributed by atoms with Gasteiger partial charge in [-0.15, -0.1) is 11.6 Å². The zero-order valence-corrected chi connectivity index (χ0v) is 23.8. The third-order valence-electron chi connectivity index (χ3n) is 5.66. The Morgan fingerprint density at radius 3 is 2.46 bits per heavy atom. The van der Waals surface area contributed by atoms with Crippen LogP contribution in [-0.2, 0) is 26.8 Å². The van der Waals surface area contributed by atoms with E-state index in [1.54, 1.807) is 32.0 Å². The van der Waals surface area contributed by atoms with Crippen molar-refractivity contribution < 1.29 is 33.8 Å². The lowest BCUT2D eigenvalue weighted by atomic mass is 10.0. The number of nitrogens with zero attached hydrogens (tertiary/aromatic N) is 4. The summed E-state index contributed by atoms with van der Waals surface area (Å²) < 4.78 is 4.90. The third kappa shape index (κ3) is 13.0. The van der Waals surface area contributed by atoms with Crippen LogP contribution in [0.2, 0.25) is 0 Å². The lowest BCUT2D eigenvalue weighted by Crippen LogP contribution is -2.54. The standard InChI is InChI=1S/C24H36ClN9O7/c1-14(2)19(32-23(38)41-10-9-29-33-27)21(36)31-18(5-4-8-28-22(26)37)20(35)30-17-7-6-15(12-25)16(11-17)13-34(3)24(39)40/h6-7,11,14,18-19H,4-5,8-10,12-13H2,1-3H3,(H,30,35)(H,31,36)(H,32,38)(H,39,40)(H3,26,28,37). The molecule has 0 heterocycles. The highest BCUT2D eigenvalue weighted by molar-refractivity contribution is 6.17. The Kier molecular flexibility index (Phi) is 15.2. The number of carbonyl (C=O) groups is 5. The number of azide groups is 1. The van der Waals surface area contributed by atoms with Crippen LogP contribution in [0.3, 0.4) is 0 Å². The summed E-state index contributed by atoms with van der Waals surface area (Å²) in [5.74, 6) is -1.51. The molecule has 226 valence electrons. The maximum absolute atomic E-state index is 13.3. The van der Waals surface area contributed by atoms with Crippen LogP contribution in [0.25, 0.3) is 10.4 Å². The number of alkyl carbamates (subject to hydrolysis) is 1. The van der Waals surface area contributed by atoms with Crippen molar-refractivity contribution in [3.63, 3.8) is 0 Å². The van der Waals surface area contributed by atoms with E-state index >= 15 is 0 Å². The van der Waals surface area contributed by atoms with E-state index in [4.69, 9.17) is 27.6 Å². The molecule has 2 atom stereocenters. The van der Waals surface area contributed by atoms with Gasteiger partial charge in [0.25, 0.3) is 0 Å². The van der Waals surface area contributed by atoms with Crippen molar-refractivity contribution in [1.82, 2.24) is 20.9 Å². The summed E-state index contributed by atoms with van der Waals surface area (Å²) in [5.41, 5.74) is 15.0. The number of primary amides is 1. The van der Waals surface area contributed by atoms with Crippen molar-refractivity contribution in [2.45, 2.75) is 51.2 Å². The molecule has 1 rings (SSSR count). The third-order valence-corrected chi connectivity index (χ3v) is 5.95. The predicted octanol–water partition coefficient (Wildman–Crippen LogP) is 2.47. The molecular weight excluding hydrogens is 562 g/mol. The number of alkyl halides is 1. The number of ether oxygens (including phenoxy) is 1. The molecule has 0 bridgehead atoms. The highest BCUT2D eigenvalue weighted by atomic mass is 35.5. The minimum atomic E-state index is -1.14. The minimum Gasteiger partial charge on any atom is -0.465 e. The van der Waals surface area contributed by atoms with Crippen LogP contribution < -0.4 is 27.0 Å². The van der Waals surface area contributed by atoms with Crippen LogP contribution in [0.15, 0.2) is 23.3 Å². The number of hydrogen-bond donors (Lipinski definition) is 6. The quantitative estimate of drug-likeness (QED) is 0.0546.